The van der Waals surface area contributed by atoms with Crippen molar-refractivity contribution in [2.24, 2.45) is 0 Å². The molecular weight excluding hydrogens is 509 g/mol. The molecule has 2 fully saturated rings. The zero-order valence-electron chi connectivity index (χ0n) is 20.8. The van der Waals surface area contributed by atoms with Gasteiger partial charge in [0.2, 0.25) is 0 Å². The minimum Gasteiger partial charge on any atom is -0.756 e. The Kier molecular flexibility index (Phi) is 13.0. The van der Waals surface area contributed by atoms with Crippen LogP contribution in [0.1, 0.15) is 13.8 Å². The van der Waals surface area contributed by atoms with E-state index in [2.05, 4.69) is 9.42 Å². The largest absolute Gasteiger partial charge is 0.756 e. The average Bonchev–Trinajstić information content (AvgIpc) is 2.83. The Morgan fingerprint density at radius 2 is 1.42 bits per heavy atom. The van der Waals surface area contributed by atoms with Crippen LogP contribution in [0.3, 0.4) is 0 Å². The van der Waals surface area contributed by atoms with Crippen LogP contribution < -0.4 is 4.89 Å². The number of likely N-dealkylation sites (N-methyl/N-ethyl adjacent to an activating group) is 1. The Morgan fingerprint density at radius 1 is 0.861 bits per heavy atom. The summed E-state index contributed by atoms with van der Waals surface area (Å²) in [5.74, 6) is 0. The summed E-state index contributed by atoms with van der Waals surface area (Å²) < 4.78 is 48.3. The maximum atomic E-state index is 11.1. The predicted molar refractivity (Wildman–Crippen MR) is 118 cm³/mol. The fourth-order valence-electron chi connectivity index (χ4n) is 4.07. The number of aliphatic hydroxyl groups excluding tert-OH is 4. The Bertz CT molecular complexity index is 679. The molecule has 0 aromatic heterocycles. The first-order valence-corrected chi connectivity index (χ1v) is 13.2. The minimum atomic E-state index is -5.28. The molecular formula is C20H39NO14P-. The fourth-order valence-corrected chi connectivity index (χ4v) is 4.60. The molecule has 2 heterocycles. The topological polar surface area (TPSA) is 209 Å². The SMILES string of the molecule is CCN(CC)CCOC1[C@@H](OCC2O[C@H](OC)C(OP(=O)([O-])O)[C@H](O)[C@@H]2O)OC(COC)[C@@H](O)[C@H]1O. The van der Waals surface area contributed by atoms with Gasteiger partial charge in [-0.3, -0.25) is 4.57 Å². The van der Waals surface area contributed by atoms with Crippen molar-refractivity contribution in [1.29, 1.82) is 0 Å². The molecule has 0 spiro atoms. The van der Waals surface area contributed by atoms with Crippen LogP contribution in [0, 0.1) is 0 Å². The standard InChI is InChI=1S/C20H40NO14P/c1-5-21(6-2)7-8-31-17-15(24)13(22)11(9-29-3)34-20(17)32-10-12-14(23)16(25)18(19(30-4)33-12)35-36(26,27)28/h11-20,22-25H,5-10H2,1-4H3,(H2,26,27,28)/p-1/t11?,12?,13-,14-,15-,16-,17?,18?,19+,20+/m1/s1. The number of methoxy groups -OCH3 is 2. The summed E-state index contributed by atoms with van der Waals surface area (Å²) >= 11 is 0. The summed E-state index contributed by atoms with van der Waals surface area (Å²) in [6.45, 7) is 5.88. The number of hydrogen-bond acceptors (Lipinski definition) is 14. The van der Waals surface area contributed by atoms with Crippen LogP contribution in [-0.4, -0.2) is 145 Å². The van der Waals surface area contributed by atoms with Crippen LogP contribution in [0.2, 0.25) is 0 Å². The summed E-state index contributed by atoms with van der Waals surface area (Å²) in [5, 5.41) is 41.9. The third kappa shape index (κ3) is 8.59. The second-order valence-corrected chi connectivity index (χ2v) is 9.62. The highest BCUT2D eigenvalue weighted by Gasteiger charge is 2.49. The van der Waals surface area contributed by atoms with Crippen LogP contribution in [0.4, 0.5) is 0 Å². The van der Waals surface area contributed by atoms with Crippen LogP contribution in [-0.2, 0) is 37.5 Å². The van der Waals surface area contributed by atoms with Crippen molar-refractivity contribution < 1.29 is 67.7 Å². The van der Waals surface area contributed by atoms with Gasteiger partial charge >= 0.3 is 0 Å². The van der Waals surface area contributed by atoms with Crippen LogP contribution >= 0.6 is 7.82 Å². The molecule has 11 atom stereocenters. The van der Waals surface area contributed by atoms with E-state index in [1.807, 2.05) is 13.8 Å². The van der Waals surface area contributed by atoms with E-state index in [1.54, 1.807) is 0 Å². The highest BCUT2D eigenvalue weighted by molar-refractivity contribution is 7.44. The highest BCUT2D eigenvalue weighted by Crippen LogP contribution is 2.38. The van der Waals surface area contributed by atoms with Gasteiger partial charge in [0.1, 0.15) is 48.8 Å². The zero-order valence-corrected chi connectivity index (χ0v) is 21.7. The molecule has 0 amide bonds. The first-order valence-electron chi connectivity index (χ1n) is 11.7. The minimum absolute atomic E-state index is 0.0489. The van der Waals surface area contributed by atoms with Crippen molar-refractivity contribution in [2.75, 3.05) is 53.7 Å². The normalized spacial score (nSPS) is 39.3. The van der Waals surface area contributed by atoms with Crippen LogP contribution in [0.15, 0.2) is 0 Å². The predicted octanol–water partition coefficient (Wildman–Crippen LogP) is -3.24. The Labute approximate surface area is 210 Å². The van der Waals surface area contributed by atoms with Gasteiger partial charge in [-0.2, -0.15) is 0 Å². The van der Waals surface area contributed by atoms with Gasteiger partial charge in [-0.1, -0.05) is 13.8 Å². The van der Waals surface area contributed by atoms with Gasteiger partial charge in [0.05, 0.1) is 19.8 Å². The van der Waals surface area contributed by atoms with Gasteiger partial charge < -0.3 is 68.1 Å². The lowest BCUT2D eigenvalue weighted by molar-refractivity contribution is -0.335. The van der Waals surface area contributed by atoms with E-state index >= 15 is 0 Å². The molecule has 214 valence electrons. The fraction of sp³-hybridized carbons (Fsp3) is 1.00. The first-order chi connectivity index (χ1) is 17.0. The summed E-state index contributed by atoms with van der Waals surface area (Å²) in [7, 11) is -2.73. The molecule has 0 bridgehead atoms. The van der Waals surface area contributed by atoms with Crippen molar-refractivity contribution in [3.8, 4) is 0 Å². The lowest BCUT2D eigenvalue weighted by Gasteiger charge is -2.44. The number of hydrogen-bond donors (Lipinski definition) is 5. The number of ether oxygens (including phenoxy) is 6. The summed E-state index contributed by atoms with van der Waals surface area (Å²) in [5.41, 5.74) is 0. The molecule has 5 unspecified atom stereocenters. The Morgan fingerprint density at radius 3 is 1.94 bits per heavy atom. The molecule has 15 nitrogen and oxygen atoms in total. The highest BCUT2D eigenvalue weighted by atomic mass is 31.2. The quantitative estimate of drug-likeness (QED) is 0.135. The molecule has 5 N–H and O–H groups in total. The van der Waals surface area contributed by atoms with Gasteiger partial charge in [-0.25, -0.2) is 0 Å². The molecule has 16 heteroatoms. The van der Waals surface area contributed by atoms with Gasteiger partial charge in [-0.15, -0.1) is 0 Å². The maximum absolute atomic E-state index is 11.1. The second-order valence-electron chi connectivity index (χ2n) is 8.47. The summed E-state index contributed by atoms with van der Waals surface area (Å²) in [6, 6.07) is 0. The van der Waals surface area contributed by atoms with Gasteiger partial charge in [0.15, 0.2) is 12.6 Å². The molecule has 2 aliphatic heterocycles. The molecule has 36 heavy (non-hydrogen) atoms. The van der Waals surface area contributed by atoms with E-state index < -0.39 is 75.8 Å². The number of phosphoric ester groups is 1. The first kappa shape index (κ1) is 31.9. The molecule has 0 aromatic carbocycles. The van der Waals surface area contributed by atoms with Crippen molar-refractivity contribution in [1.82, 2.24) is 4.90 Å². The van der Waals surface area contributed by atoms with E-state index in [0.29, 0.717) is 6.54 Å². The molecule has 2 rings (SSSR count). The number of phosphoric acid groups is 1. The molecule has 0 saturated carbocycles. The molecule has 0 aromatic rings. The van der Waals surface area contributed by atoms with Gasteiger partial charge in [-0.05, 0) is 13.1 Å². The number of nitrogens with zero attached hydrogens (tertiary/aromatic N) is 1. The Hall–Kier alpha value is -0.330. The smallest absolute Gasteiger partial charge is 0.265 e. The van der Waals surface area contributed by atoms with Crippen LogP contribution in [0.5, 0.6) is 0 Å². The number of aliphatic hydroxyl groups is 4. The monoisotopic (exact) mass is 548 g/mol. The lowest BCUT2D eigenvalue weighted by atomic mass is 9.98. The van der Waals surface area contributed by atoms with E-state index in [4.69, 9.17) is 33.3 Å². The summed E-state index contributed by atoms with van der Waals surface area (Å²) in [6.07, 6.45) is -14.0. The molecule has 2 saturated heterocycles. The molecule has 0 aliphatic carbocycles. The Balaban J connectivity index is 2.09. The van der Waals surface area contributed by atoms with Crippen molar-refractivity contribution in [2.45, 2.75) is 75.3 Å². The van der Waals surface area contributed by atoms with Gasteiger partial charge in [0.25, 0.3) is 7.82 Å². The maximum Gasteiger partial charge on any atom is 0.265 e. The van der Waals surface area contributed by atoms with E-state index in [-0.39, 0.29) is 13.2 Å². The van der Waals surface area contributed by atoms with E-state index in [1.165, 1.54) is 7.11 Å². The third-order valence-electron chi connectivity index (χ3n) is 6.14. The van der Waals surface area contributed by atoms with Gasteiger partial charge in [0, 0.05) is 20.8 Å². The van der Waals surface area contributed by atoms with Crippen molar-refractivity contribution in [3.63, 3.8) is 0 Å². The van der Waals surface area contributed by atoms with Crippen molar-refractivity contribution in [3.05, 3.63) is 0 Å². The van der Waals surface area contributed by atoms with E-state index in [0.717, 1.165) is 20.2 Å². The lowest BCUT2D eigenvalue weighted by Crippen LogP contribution is -2.62. The van der Waals surface area contributed by atoms with Crippen LogP contribution in [0.25, 0.3) is 0 Å². The van der Waals surface area contributed by atoms with Crippen molar-refractivity contribution >= 4 is 7.82 Å². The molecule has 2 aliphatic rings. The van der Waals surface area contributed by atoms with E-state index in [9.17, 15) is 29.9 Å². The average molecular weight is 548 g/mol. The third-order valence-corrected chi connectivity index (χ3v) is 6.65. The molecule has 0 radical (unpaired) electrons. The second kappa shape index (κ2) is 14.7. The zero-order chi connectivity index (χ0) is 27.0. The number of rotatable bonds is 14. The summed E-state index contributed by atoms with van der Waals surface area (Å²) in [4.78, 5) is 22.2.